The molecule has 2 N–H and O–H groups in total. The number of hydrogen-bond donors (Lipinski definition) is 2. The fourth-order valence-corrected chi connectivity index (χ4v) is 3.87. The monoisotopic (exact) mass is 338 g/mol. The third kappa shape index (κ3) is 3.26. The number of carbonyl (C=O) groups excluding carboxylic acids is 1. The Morgan fingerprint density at radius 2 is 1.72 bits per heavy atom. The first-order valence-corrected chi connectivity index (χ1v) is 8.88. The molecule has 0 bridgehead atoms. The van der Waals surface area contributed by atoms with Crippen LogP contribution in [0.15, 0.2) is 29.1 Å². The first-order valence-electron chi connectivity index (χ1n) is 8.88. The van der Waals surface area contributed by atoms with Crippen LogP contribution in [-0.2, 0) is 16.8 Å². The van der Waals surface area contributed by atoms with Gasteiger partial charge in [0, 0.05) is 17.8 Å². The van der Waals surface area contributed by atoms with Gasteiger partial charge in [-0.3, -0.25) is 9.59 Å². The normalized spacial score (nSPS) is 15.5. The molecule has 1 aromatic heterocycles. The molecule has 4 nitrogen and oxygen atoms in total. The van der Waals surface area contributed by atoms with Crippen molar-refractivity contribution < 1.29 is 4.79 Å². The Hall–Kier alpha value is -2.36. The molecule has 1 aliphatic rings. The second-order valence-electron chi connectivity index (χ2n) is 7.44. The van der Waals surface area contributed by atoms with E-state index >= 15 is 0 Å². The number of carbonyl (C=O) groups is 1. The Labute approximate surface area is 148 Å². The quantitative estimate of drug-likeness (QED) is 0.898. The van der Waals surface area contributed by atoms with Crippen LogP contribution in [0.25, 0.3) is 0 Å². The van der Waals surface area contributed by atoms with Crippen LogP contribution < -0.4 is 10.9 Å². The molecule has 1 aliphatic carbocycles. The van der Waals surface area contributed by atoms with Crippen LogP contribution >= 0.6 is 0 Å². The molecule has 0 spiro atoms. The molecule has 1 saturated carbocycles. The highest BCUT2D eigenvalue weighted by Crippen LogP contribution is 2.44. The Kier molecular flexibility index (Phi) is 4.55. The lowest BCUT2D eigenvalue weighted by Gasteiger charge is -2.41. The van der Waals surface area contributed by atoms with Crippen LogP contribution in [0.5, 0.6) is 0 Å². The van der Waals surface area contributed by atoms with E-state index in [-0.39, 0.29) is 18.0 Å². The zero-order valence-corrected chi connectivity index (χ0v) is 15.5. The summed E-state index contributed by atoms with van der Waals surface area (Å²) in [4.78, 5) is 28.0. The average Bonchev–Trinajstić information content (AvgIpc) is 2.43. The standard InChI is InChI=1S/C21H26N2O2/c1-13-8-14(2)10-17(9-13)21(6-5-7-21)20(25)22-12-18-15(3)11-16(4)23-19(18)24/h8-11H,5-7,12H2,1-4H3,(H,22,25)(H,23,24). The molecule has 132 valence electrons. The van der Waals surface area contributed by atoms with Crippen molar-refractivity contribution in [1.29, 1.82) is 0 Å². The van der Waals surface area contributed by atoms with Crippen LogP contribution in [0, 0.1) is 27.7 Å². The topological polar surface area (TPSA) is 62.0 Å². The maximum atomic E-state index is 13.0. The van der Waals surface area contributed by atoms with Gasteiger partial charge in [-0.05, 0) is 57.7 Å². The first kappa shape index (κ1) is 17.5. The van der Waals surface area contributed by atoms with Gasteiger partial charge in [-0.25, -0.2) is 0 Å². The third-order valence-corrected chi connectivity index (χ3v) is 5.34. The second kappa shape index (κ2) is 6.51. The lowest BCUT2D eigenvalue weighted by atomic mass is 9.63. The number of aromatic nitrogens is 1. The third-order valence-electron chi connectivity index (χ3n) is 5.34. The Morgan fingerprint density at radius 1 is 1.08 bits per heavy atom. The lowest BCUT2D eigenvalue weighted by Crippen LogP contribution is -2.49. The zero-order chi connectivity index (χ0) is 18.2. The molecule has 0 radical (unpaired) electrons. The molecule has 0 atom stereocenters. The van der Waals surface area contributed by atoms with Gasteiger partial charge in [0.25, 0.3) is 5.56 Å². The fraction of sp³-hybridized carbons (Fsp3) is 0.429. The summed E-state index contributed by atoms with van der Waals surface area (Å²) < 4.78 is 0. The van der Waals surface area contributed by atoms with Gasteiger partial charge in [0.2, 0.25) is 5.91 Å². The van der Waals surface area contributed by atoms with Crippen molar-refractivity contribution in [3.8, 4) is 0 Å². The number of H-pyrrole nitrogens is 1. The largest absolute Gasteiger partial charge is 0.351 e. The van der Waals surface area contributed by atoms with Gasteiger partial charge in [0.05, 0.1) is 5.41 Å². The van der Waals surface area contributed by atoms with Crippen molar-refractivity contribution in [2.75, 3.05) is 0 Å². The van der Waals surface area contributed by atoms with Gasteiger partial charge in [-0.2, -0.15) is 0 Å². The van der Waals surface area contributed by atoms with Gasteiger partial charge in [0.15, 0.2) is 0 Å². The van der Waals surface area contributed by atoms with E-state index in [4.69, 9.17) is 0 Å². The number of pyridine rings is 1. The summed E-state index contributed by atoms with van der Waals surface area (Å²) in [7, 11) is 0. The van der Waals surface area contributed by atoms with E-state index in [1.54, 1.807) is 0 Å². The lowest BCUT2D eigenvalue weighted by molar-refractivity contribution is -0.130. The second-order valence-corrected chi connectivity index (χ2v) is 7.44. The van der Waals surface area contributed by atoms with Gasteiger partial charge in [0.1, 0.15) is 0 Å². The van der Waals surface area contributed by atoms with E-state index in [0.717, 1.165) is 36.1 Å². The number of hydrogen-bond acceptors (Lipinski definition) is 2. The smallest absolute Gasteiger partial charge is 0.253 e. The molecule has 0 unspecified atom stereocenters. The molecule has 2 aromatic rings. The van der Waals surface area contributed by atoms with Crippen molar-refractivity contribution in [3.63, 3.8) is 0 Å². The summed E-state index contributed by atoms with van der Waals surface area (Å²) in [5.41, 5.74) is 5.28. The van der Waals surface area contributed by atoms with Crippen molar-refractivity contribution in [3.05, 3.63) is 68.1 Å². The van der Waals surface area contributed by atoms with Crippen LogP contribution in [-0.4, -0.2) is 10.9 Å². The van der Waals surface area contributed by atoms with Crippen molar-refractivity contribution in [2.24, 2.45) is 0 Å². The molecule has 1 heterocycles. The van der Waals surface area contributed by atoms with Crippen LogP contribution in [0.1, 0.15) is 52.8 Å². The number of amides is 1. The van der Waals surface area contributed by atoms with E-state index in [9.17, 15) is 9.59 Å². The molecular formula is C21H26N2O2. The highest BCUT2D eigenvalue weighted by atomic mass is 16.2. The minimum absolute atomic E-state index is 0.0307. The molecule has 1 amide bonds. The molecule has 1 fully saturated rings. The zero-order valence-electron chi connectivity index (χ0n) is 15.5. The van der Waals surface area contributed by atoms with Gasteiger partial charge < -0.3 is 10.3 Å². The molecule has 0 saturated heterocycles. The van der Waals surface area contributed by atoms with Crippen LogP contribution in [0.3, 0.4) is 0 Å². The maximum absolute atomic E-state index is 13.0. The fourth-order valence-electron chi connectivity index (χ4n) is 3.87. The van der Waals surface area contributed by atoms with Crippen molar-refractivity contribution in [1.82, 2.24) is 10.3 Å². The predicted molar refractivity (Wildman–Crippen MR) is 99.8 cm³/mol. The molecule has 3 rings (SSSR count). The van der Waals surface area contributed by atoms with Gasteiger partial charge in [-0.15, -0.1) is 0 Å². The summed E-state index contributed by atoms with van der Waals surface area (Å²) >= 11 is 0. The summed E-state index contributed by atoms with van der Waals surface area (Å²) in [6.45, 7) is 8.17. The van der Waals surface area contributed by atoms with E-state index in [1.807, 2.05) is 19.9 Å². The summed E-state index contributed by atoms with van der Waals surface area (Å²) in [6, 6.07) is 8.31. The highest BCUT2D eigenvalue weighted by Gasteiger charge is 2.45. The molecular weight excluding hydrogens is 312 g/mol. The first-order chi connectivity index (χ1) is 11.8. The Morgan fingerprint density at radius 3 is 2.24 bits per heavy atom. The molecule has 0 aliphatic heterocycles. The number of aromatic amines is 1. The average molecular weight is 338 g/mol. The Balaban J connectivity index is 1.83. The van der Waals surface area contributed by atoms with Crippen LogP contribution in [0.4, 0.5) is 0 Å². The molecule has 1 aromatic carbocycles. The number of benzene rings is 1. The minimum Gasteiger partial charge on any atom is -0.351 e. The number of aryl methyl sites for hydroxylation is 4. The minimum atomic E-state index is -0.442. The van der Waals surface area contributed by atoms with Gasteiger partial charge in [-0.1, -0.05) is 35.7 Å². The molecule has 4 heteroatoms. The van der Waals surface area contributed by atoms with Crippen molar-refractivity contribution >= 4 is 5.91 Å². The van der Waals surface area contributed by atoms with Crippen LogP contribution in [0.2, 0.25) is 0 Å². The SMILES string of the molecule is Cc1cc(C)cc(C2(C(=O)NCc3c(C)cc(C)[nH]c3=O)CCC2)c1. The highest BCUT2D eigenvalue weighted by molar-refractivity contribution is 5.89. The van der Waals surface area contributed by atoms with E-state index in [0.29, 0.717) is 5.56 Å². The summed E-state index contributed by atoms with van der Waals surface area (Å²) in [6.07, 6.45) is 2.79. The van der Waals surface area contributed by atoms with E-state index < -0.39 is 5.41 Å². The van der Waals surface area contributed by atoms with Crippen molar-refractivity contribution in [2.45, 2.75) is 58.9 Å². The maximum Gasteiger partial charge on any atom is 0.253 e. The number of rotatable bonds is 4. The molecule has 25 heavy (non-hydrogen) atoms. The number of nitrogens with one attached hydrogen (secondary N) is 2. The predicted octanol–water partition coefficient (Wildman–Crippen LogP) is 3.35. The van der Waals surface area contributed by atoms with E-state index in [1.165, 1.54) is 11.1 Å². The van der Waals surface area contributed by atoms with Gasteiger partial charge >= 0.3 is 0 Å². The van der Waals surface area contributed by atoms with E-state index in [2.05, 4.69) is 42.3 Å². The summed E-state index contributed by atoms with van der Waals surface area (Å²) in [5, 5.41) is 3.02. The Bertz CT molecular complexity index is 856. The summed E-state index contributed by atoms with van der Waals surface area (Å²) in [5.74, 6) is 0.0307.